The molecule has 13 heteroatoms. The van der Waals surface area contributed by atoms with Crippen LogP contribution in [0.3, 0.4) is 0 Å². The second-order valence-electron chi connectivity index (χ2n) is 8.61. The van der Waals surface area contributed by atoms with Crippen LogP contribution in [-0.2, 0) is 14.8 Å². The van der Waals surface area contributed by atoms with E-state index < -0.39 is 10.0 Å². The van der Waals surface area contributed by atoms with Gasteiger partial charge < -0.3 is 14.2 Å². The predicted octanol–water partition coefficient (Wildman–Crippen LogP) is 3.05. The zero-order chi connectivity index (χ0) is 26.2. The maximum atomic E-state index is 13.1. The van der Waals surface area contributed by atoms with Crippen molar-refractivity contribution in [3.63, 3.8) is 0 Å². The molecule has 1 fully saturated rings. The molecule has 0 saturated carbocycles. The van der Waals surface area contributed by atoms with Crippen molar-refractivity contribution in [2.24, 2.45) is 5.92 Å². The lowest BCUT2D eigenvalue weighted by molar-refractivity contribution is 0.166. The molecule has 1 unspecified atom stereocenters. The summed E-state index contributed by atoms with van der Waals surface area (Å²) in [5, 5.41) is 0.645. The molecule has 1 aliphatic heterocycles. The summed E-state index contributed by atoms with van der Waals surface area (Å²) >= 11 is 1.08. The third kappa shape index (κ3) is 5.15. The summed E-state index contributed by atoms with van der Waals surface area (Å²) in [4.78, 5) is 25.9. The average molecular weight is 544 g/mol. The molecule has 5 rings (SSSR count). The van der Waals surface area contributed by atoms with Crippen molar-refractivity contribution >= 4 is 32.7 Å². The van der Waals surface area contributed by atoms with E-state index in [4.69, 9.17) is 14.2 Å². The highest BCUT2D eigenvalue weighted by atomic mass is 32.2. The number of nitrogens with zero attached hydrogens (tertiary/aromatic N) is 4. The average Bonchev–Trinajstić information content (AvgIpc) is 3.52. The van der Waals surface area contributed by atoms with Crippen molar-refractivity contribution in [2.75, 3.05) is 31.7 Å². The van der Waals surface area contributed by atoms with E-state index in [0.717, 1.165) is 17.8 Å². The number of thiazole rings is 1. The van der Waals surface area contributed by atoms with E-state index in [1.165, 1.54) is 17.7 Å². The summed E-state index contributed by atoms with van der Waals surface area (Å²) in [6.45, 7) is 5.09. The number of hydrogen-bond donors (Lipinski definition) is 1. The van der Waals surface area contributed by atoms with Crippen LogP contribution >= 0.6 is 11.3 Å². The highest BCUT2D eigenvalue weighted by molar-refractivity contribution is 7.94. The number of aromatic nitrogens is 4. The Morgan fingerprint density at radius 2 is 2.05 bits per heavy atom. The lowest BCUT2D eigenvalue weighted by Gasteiger charge is -2.13. The normalized spacial score (nSPS) is 15.7. The summed E-state index contributed by atoms with van der Waals surface area (Å²) in [5.41, 5.74) is 1.87. The van der Waals surface area contributed by atoms with Crippen molar-refractivity contribution in [1.29, 1.82) is 0 Å². The lowest BCUT2D eigenvalue weighted by Crippen LogP contribution is -2.21. The Hall–Kier alpha value is -3.55. The minimum atomic E-state index is -3.92. The number of pyridine rings is 2. The number of nitrogens with one attached hydrogen (secondary N) is 1. The van der Waals surface area contributed by atoms with Crippen LogP contribution in [0.15, 0.2) is 45.8 Å². The second kappa shape index (κ2) is 10.1. The molecule has 0 radical (unpaired) electrons. The van der Waals surface area contributed by atoms with Crippen LogP contribution in [0.5, 0.6) is 11.6 Å². The first kappa shape index (κ1) is 25.1. The van der Waals surface area contributed by atoms with Crippen LogP contribution < -0.4 is 19.8 Å². The van der Waals surface area contributed by atoms with Gasteiger partial charge >= 0.3 is 0 Å². The topological polar surface area (TPSA) is 134 Å². The van der Waals surface area contributed by atoms with E-state index >= 15 is 0 Å². The molecule has 0 spiro atoms. The van der Waals surface area contributed by atoms with E-state index in [0.29, 0.717) is 47.3 Å². The quantitative estimate of drug-likeness (QED) is 0.356. The van der Waals surface area contributed by atoms with Gasteiger partial charge in [0, 0.05) is 36.0 Å². The van der Waals surface area contributed by atoms with Gasteiger partial charge in [-0.05, 0) is 38.5 Å². The molecule has 11 nitrogen and oxygen atoms in total. The van der Waals surface area contributed by atoms with Gasteiger partial charge in [0.05, 0.1) is 37.2 Å². The van der Waals surface area contributed by atoms with Crippen molar-refractivity contribution in [3.8, 4) is 22.8 Å². The number of anilines is 1. The van der Waals surface area contributed by atoms with Gasteiger partial charge in [0.2, 0.25) is 11.6 Å². The summed E-state index contributed by atoms with van der Waals surface area (Å²) in [6, 6.07) is 5.08. The summed E-state index contributed by atoms with van der Waals surface area (Å²) in [7, 11) is -2.51. The van der Waals surface area contributed by atoms with Gasteiger partial charge in [-0.25, -0.2) is 23.4 Å². The van der Waals surface area contributed by atoms with E-state index in [9.17, 15) is 13.2 Å². The Kier molecular flexibility index (Phi) is 6.84. The molecule has 0 aromatic carbocycles. The Morgan fingerprint density at radius 3 is 2.76 bits per heavy atom. The van der Waals surface area contributed by atoms with E-state index in [2.05, 4.69) is 19.7 Å². The molecule has 4 aromatic rings. The molecule has 5 heterocycles. The maximum Gasteiger partial charge on any atom is 0.300 e. The van der Waals surface area contributed by atoms with Gasteiger partial charge in [0.25, 0.3) is 15.6 Å². The smallest absolute Gasteiger partial charge is 0.300 e. The fourth-order valence-electron chi connectivity index (χ4n) is 4.05. The third-order valence-electron chi connectivity index (χ3n) is 5.90. The van der Waals surface area contributed by atoms with Crippen LogP contribution in [0.25, 0.3) is 16.8 Å². The summed E-state index contributed by atoms with van der Waals surface area (Å²) in [5.74, 6) is 0.507. The monoisotopic (exact) mass is 543 g/mol. The summed E-state index contributed by atoms with van der Waals surface area (Å²) < 4.78 is 46.6. The highest BCUT2D eigenvalue weighted by Gasteiger charge is 2.23. The number of rotatable bonds is 8. The van der Waals surface area contributed by atoms with E-state index in [-0.39, 0.29) is 33.0 Å². The first-order valence-electron chi connectivity index (χ1n) is 11.5. The van der Waals surface area contributed by atoms with E-state index in [1.54, 1.807) is 44.4 Å². The van der Waals surface area contributed by atoms with Crippen molar-refractivity contribution in [2.45, 2.75) is 24.5 Å². The Labute approximate surface area is 217 Å². The number of aryl methyl sites for hydroxylation is 2. The van der Waals surface area contributed by atoms with Gasteiger partial charge in [0.1, 0.15) is 11.3 Å². The molecule has 0 aliphatic carbocycles. The fraction of sp³-hybridized carbons (Fsp3) is 0.333. The van der Waals surface area contributed by atoms with Crippen LogP contribution in [0.4, 0.5) is 5.69 Å². The number of hydrogen-bond acceptors (Lipinski definition) is 10. The number of fused-ring (bicyclic) bond motifs is 1. The van der Waals surface area contributed by atoms with Gasteiger partial charge in [-0.15, -0.1) is 11.3 Å². The fourth-order valence-corrected chi connectivity index (χ4v) is 6.58. The first-order valence-corrected chi connectivity index (χ1v) is 13.8. The molecule has 0 bridgehead atoms. The molecule has 0 amide bonds. The van der Waals surface area contributed by atoms with Crippen molar-refractivity contribution in [1.82, 2.24) is 19.4 Å². The molecule has 37 heavy (non-hydrogen) atoms. The maximum absolute atomic E-state index is 13.1. The molecule has 194 valence electrons. The predicted molar refractivity (Wildman–Crippen MR) is 138 cm³/mol. The molecule has 1 atom stereocenters. The summed E-state index contributed by atoms with van der Waals surface area (Å²) in [6.07, 6.45) is 5.48. The minimum Gasteiger partial charge on any atom is -0.486 e. The molecule has 1 saturated heterocycles. The van der Waals surface area contributed by atoms with Crippen molar-refractivity contribution < 1.29 is 22.6 Å². The SMILES string of the molecule is COc1ncc(-c2ccc3ncc(OCC4CCOC4)c(=O)n3c2)cc1NS(=O)(=O)c1sc(C)nc1C. The highest BCUT2D eigenvalue weighted by Crippen LogP contribution is 2.32. The van der Waals surface area contributed by atoms with Crippen LogP contribution in [0, 0.1) is 19.8 Å². The number of ether oxygens (including phenoxy) is 3. The molecular formula is C24H25N5O6S2. The Bertz CT molecular complexity index is 1630. The molecule has 1 aliphatic rings. The zero-order valence-electron chi connectivity index (χ0n) is 20.4. The second-order valence-corrected chi connectivity index (χ2v) is 11.7. The third-order valence-corrected chi connectivity index (χ3v) is 8.94. The van der Waals surface area contributed by atoms with Crippen LogP contribution in [-0.4, -0.2) is 54.7 Å². The van der Waals surface area contributed by atoms with Gasteiger partial charge in [0.15, 0.2) is 4.21 Å². The standard InChI is InChI=1S/C24H25N5O6S2/c1-14-24(36-15(2)27-14)37(31,32)28-19-8-18(9-26-22(19)33-3)17-4-5-21-25-10-20(23(30)29(21)11-17)35-13-16-6-7-34-12-16/h4-5,8-11,16,28H,6-7,12-13H2,1-3H3. The van der Waals surface area contributed by atoms with Gasteiger partial charge in [-0.2, -0.15) is 0 Å². The van der Waals surface area contributed by atoms with Gasteiger partial charge in [-0.3, -0.25) is 13.9 Å². The lowest BCUT2D eigenvalue weighted by atomic mass is 10.1. The Morgan fingerprint density at radius 1 is 1.22 bits per heavy atom. The van der Waals surface area contributed by atoms with Gasteiger partial charge in [-0.1, -0.05) is 0 Å². The number of methoxy groups -OCH3 is 1. The largest absolute Gasteiger partial charge is 0.486 e. The van der Waals surface area contributed by atoms with Crippen LogP contribution in [0.2, 0.25) is 0 Å². The van der Waals surface area contributed by atoms with Crippen molar-refractivity contribution in [3.05, 3.63) is 57.8 Å². The minimum absolute atomic E-state index is 0.109. The Balaban J connectivity index is 1.48. The van der Waals surface area contributed by atoms with E-state index in [1.807, 2.05) is 0 Å². The van der Waals surface area contributed by atoms with Crippen LogP contribution in [0.1, 0.15) is 17.1 Å². The molecule has 1 N–H and O–H groups in total. The number of sulfonamides is 1. The zero-order valence-corrected chi connectivity index (χ0v) is 22.1. The molecule has 4 aromatic heterocycles. The first-order chi connectivity index (χ1) is 17.7. The molecular weight excluding hydrogens is 518 g/mol.